The fraction of sp³-hybridized carbons (Fsp3) is 0.481. The van der Waals surface area contributed by atoms with Crippen molar-refractivity contribution in [1.82, 2.24) is 0 Å². The Hall–Kier alpha value is -2.54. The van der Waals surface area contributed by atoms with Crippen LogP contribution >= 0.6 is 15.9 Å². The lowest BCUT2D eigenvalue weighted by Crippen LogP contribution is -2.53. The zero-order valence-corrected chi connectivity index (χ0v) is 20.8. The van der Waals surface area contributed by atoms with Crippen molar-refractivity contribution in [2.75, 3.05) is 19.0 Å². The SMILES string of the molecule is COc1cc2c(cc1NC(=O)COC(=O)CC13CC4CC(CC(Br)(C4)C1)C3)oc1ccccc12. The molecular weight excluding hydrogens is 498 g/mol. The number of rotatable bonds is 6. The van der Waals surface area contributed by atoms with Crippen molar-refractivity contribution in [2.24, 2.45) is 17.3 Å². The van der Waals surface area contributed by atoms with Gasteiger partial charge in [0.05, 0.1) is 19.2 Å². The van der Waals surface area contributed by atoms with Gasteiger partial charge in [0.15, 0.2) is 6.61 Å². The number of alkyl halides is 1. The molecule has 4 fully saturated rings. The first-order valence-corrected chi connectivity index (χ1v) is 12.8. The minimum atomic E-state index is -0.399. The summed E-state index contributed by atoms with van der Waals surface area (Å²) in [5.41, 5.74) is 1.93. The maximum Gasteiger partial charge on any atom is 0.306 e. The summed E-state index contributed by atoms with van der Waals surface area (Å²) in [6.07, 6.45) is 7.38. The lowest BCUT2D eigenvalue weighted by molar-refractivity contribution is -0.153. The molecule has 4 aliphatic carbocycles. The van der Waals surface area contributed by atoms with Gasteiger partial charge in [-0.05, 0) is 67.9 Å². The van der Waals surface area contributed by atoms with Crippen molar-refractivity contribution in [2.45, 2.75) is 49.3 Å². The van der Waals surface area contributed by atoms with Crippen LogP contribution in [0.5, 0.6) is 5.75 Å². The van der Waals surface area contributed by atoms with E-state index in [1.54, 1.807) is 13.2 Å². The monoisotopic (exact) mass is 525 g/mol. The lowest BCUT2D eigenvalue weighted by Gasteiger charge is -2.60. The van der Waals surface area contributed by atoms with Crippen molar-refractivity contribution in [3.8, 4) is 5.75 Å². The molecule has 1 amide bonds. The van der Waals surface area contributed by atoms with Crippen LogP contribution in [0, 0.1) is 17.3 Å². The first kappa shape index (κ1) is 22.0. The van der Waals surface area contributed by atoms with E-state index in [2.05, 4.69) is 21.2 Å². The predicted molar refractivity (Wildman–Crippen MR) is 133 cm³/mol. The second-order valence-electron chi connectivity index (χ2n) is 10.6. The van der Waals surface area contributed by atoms with Gasteiger partial charge < -0.3 is 19.2 Å². The smallest absolute Gasteiger partial charge is 0.306 e. The highest BCUT2D eigenvalue weighted by molar-refractivity contribution is 9.10. The largest absolute Gasteiger partial charge is 0.495 e. The van der Waals surface area contributed by atoms with Crippen LogP contribution in [-0.2, 0) is 14.3 Å². The number of ether oxygens (including phenoxy) is 2. The highest BCUT2D eigenvalue weighted by Gasteiger charge is 2.57. The fourth-order valence-corrected chi connectivity index (χ4v) is 8.76. The van der Waals surface area contributed by atoms with Crippen molar-refractivity contribution in [1.29, 1.82) is 0 Å². The van der Waals surface area contributed by atoms with Crippen LogP contribution in [0.3, 0.4) is 0 Å². The number of methoxy groups -OCH3 is 1. The Morgan fingerprint density at radius 1 is 1.09 bits per heavy atom. The third-order valence-corrected chi connectivity index (χ3v) is 8.90. The van der Waals surface area contributed by atoms with Gasteiger partial charge in [-0.25, -0.2) is 0 Å². The maximum atomic E-state index is 12.7. The molecule has 4 saturated carbocycles. The number of furan rings is 1. The van der Waals surface area contributed by atoms with E-state index in [1.165, 1.54) is 19.3 Å². The van der Waals surface area contributed by atoms with Crippen LogP contribution in [0.1, 0.15) is 44.9 Å². The third kappa shape index (κ3) is 3.88. The zero-order chi connectivity index (χ0) is 23.5. The molecule has 3 aromatic rings. The Labute approximate surface area is 206 Å². The van der Waals surface area contributed by atoms with Gasteiger partial charge in [-0.15, -0.1) is 0 Å². The van der Waals surface area contributed by atoms with Crippen LogP contribution in [0.25, 0.3) is 21.9 Å². The number of para-hydroxylation sites is 1. The molecule has 0 saturated heterocycles. The van der Waals surface area contributed by atoms with Crippen molar-refractivity contribution in [3.05, 3.63) is 36.4 Å². The molecular formula is C27H28BrNO5. The summed E-state index contributed by atoms with van der Waals surface area (Å²) in [5, 5.41) is 4.71. The molecule has 2 atom stereocenters. The van der Waals surface area contributed by atoms with Crippen molar-refractivity contribution in [3.63, 3.8) is 0 Å². The molecule has 1 N–H and O–H groups in total. The average Bonchev–Trinajstić information content (AvgIpc) is 3.12. The number of halogens is 1. The first-order valence-electron chi connectivity index (χ1n) is 12.0. The molecule has 4 bridgehead atoms. The van der Waals surface area contributed by atoms with Gasteiger partial charge in [0, 0.05) is 21.2 Å². The van der Waals surface area contributed by atoms with E-state index in [-0.39, 0.29) is 22.3 Å². The number of carbonyl (C=O) groups excluding carboxylic acids is 2. The predicted octanol–water partition coefficient (Wildman–Crippen LogP) is 6.20. The summed E-state index contributed by atoms with van der Waals surface area (Å²) < 4.78 is 17.0. The number of fused-ring (bicyclic) bond motifs is 3. The number of esters is 1. The average molecular weight is 526 g/mol. The minimum absolute atomic E-state index is 0.0245. The zero-order valence-electron chi connectivity index (χ0n) is 19.2. The van der Waals surface area contributed by atoms with E-state index in [1.807, 2.05) is 30.3 Å². The van der Waals surface area contributed by atoms with Crippen molar-refractivity contribution >= 4 is 55.4 Å². The molecule has 178 valence electrons. The molecule has 0 spiro atoms. The molecule has 7 rings (SSSR count). The molecule has 1 heterocycles. The summed E-state index contributed by atoms with van der Waals surface area (Å²) in [5.74, 6) is 1.25. The van der Waals surface area contributed by atoms with Crippen LogP contribution in [-0.4, -0.2) is 29.9 Å². The Kier molecular flexibility index (Phi) is 5.17. The molecule has 6 nitrogen and oxygen atoms in total. The first-order chi connectivity index (χ1) is 16.3. The van der Waals surface area contributed by atoms with Gasteiger partial charge in [0.25, 0.3) is 5.91 Å². The summed E-state index contributed by atoms with van der Waals surface area (Å²) in [6.45, 7) is -0.317. The summed E-state index contributed by atoms with van der Waals surface area (Å²) in [7, 11) is 1.56. The minimum Gasteiger partial charge on any atom is -0.495 e. The van der Waals surface area contributed by atoms with E-state index in [0.717, 1.165) is 35.6 Å². The maximum absolute atomic E-state index is 12.7. The number of carbonyl (C=O) groups is 2. The van der Waals surface area contributed by atoms with E-state index in [4.69, 9.17) is 13.9 Å². The summed E-state index contributed by atoms with van der Waals surface area (Å²) >= 11 is 3.99. The quantitative estimate of drug-likeness (QED) is 0.306. The number of hydrogen-bond acceptors (Lipinski definition) is 5. The van der Waals surface area contributed by atoms with Gasteiger partial charge in [-0.1, -0.05) is 34.1 Å². The number of hydrogen-bond donors (Lipinski definition) is 1. The van der Waals surface area contributed by atoms with E-state index >= 15 is 0 Å². The van der Waals surface area contributed by atoms with Crippen molar-refractivity contribution < 1.29 is 23.5 Å². The molecule has 0 radical (unpaired) electrons. The van der Waals surface area contributed by atoms with Crippen LogP contribution < -0.4 is 10.1 Å². The van der Waals surface area contributed by atoms with Gasteiger partial charge in [-0.2, -0.15) is 0 Å². The Morgan fingerprint density at radius 3 is 2.59 bits per heavy atom. The van der Waals surface area contributed by atoms with Gasteiger partial charge in [0.1, 0.15) is 16.9 Å². The van der Waals surface area contributed by atoms with E-state index in [0.29, 0.717) is 35.3 Å². The number of anilines is 1. The summed E-state index contributed by atoms with van der Waals surface area (Å²) in [6, 6.07) is 11.4. The standard InChI is InChI=1S/C27H28BrNO5/c1-32-23-7-19-18-4-2-3-5-21(18)34-22(19)8-20(23)29-24(30)14-33-25(31)13-26-9-16-6-17(10-26)12-27(28,11-16)15-26/h2-5,7-8,16-17H,6,9-15H2,1H3,(H,29,30). The molecule has 1 aromatic heterocycles. The fourth-order valence-electron chi connectivity index (χ4n) is 7.25. The van der Waals surface area contributed by atoms with Gasteiger partial charge in [0.2, 0.25) is 0 Å². The topological polar surface area (TPSA) is 77.8 Å². The molecule has 2 unspecified atom stereocenters. The number of benzene rings is 2. The molecule has 7 heteroatoms. The van der Waals surface area contributed by atoms with Crippen LogP contribution in [0.4, 0.5) is 5.69 Å². The van der Waals surface area contributed by atoms with Crippen LogP contribution in [0.2, 0.25) is 0 Å². The third-order valence-electron chi connectivity index (χ3n) is 7.97. The normalized spacial score (nSPS) is 29.5. The Balaban J connectivity index is 1.11. The van der Waals surface area contributed by atoms with E-state index < -0.39 is 5.91 Å². The Morgan fingerprint density at radius 2 is 1.85 bits per heavy atom. The second-order valence-corrected chi connectivity index (χ2v) is 12.3. The summed E-state index contributed by atoms with van der Waals surface area (Å²) in [4.78, 5) is 25.4. The second kappa shape index (κ2) is 8.01. The highest BCUT2D eigenvalue weighted by atomic mass is 79.9. The number of amides is 1. The lowest BCUT2D eigenvalue weighted by atomic mass is 9.49. The van der Waals surface area contributed by atoms with Crippen LogP contribution in [0.15, 0.2) is 40.8 Å². The molecule has 2 aromatic carbocycles. The van der Waals surface area contributed by atoms with E-state index in [9.17, 15) is 9.59 Å². The number of nitrogens with one attached hydrogen (secondary N) is 1. The highest BCUT2D eigenvalue weighted by Crippen LogP contribution is 2.65. The van der Waals surface area contributed by atoms with Gasteiger partial charge in [-0.3, -0.25) is 9.59 Å². The Bertz CT molecular complexity index is 1280. The molecule has 0 aliphatic heterocycles. The molecule has 34 heavy (non-hydrogen) atoms. The molecule has 4 aliphatic rings. The van der Waals surface area contributed by atoms with Gasteiger partial charge >= 0.3 is 5.97 Å².